The lowest BCUT2D eigenvalue weighted by molar-refractivity contribution is 0.101. The first-order chi connectivity index (χ1) is 14.0. The van der Waals surface area contributed by atoms with Gasteiger partial charge in [-0.25, -0.2) is 17.9 Å². The SMILES string of the molecule is C=C1C[C@]1(CO)COc1c(S(N)(=O)=O)cn(C)c1C(=O)Nc1ccc(F)c(C#N)c1. The number of aliphatic hydroxyl groups excluding tert-OH is 1. The van der Waals surface area contributed by atoms with Crippen molar-refractivity contribution in [2.45, 2.75) is 11.3 Å². The normalized spacial score (nSPS) is 18.0. The number of nitriles is 1. The van der Waals surface area contributed by atoms with Crippen molar-refractivity contribution in [1.29, 1.82) is 5.26 Å². The van der Waals surface area contributed by atoms with Crippen LogP contribution in [0, 0.1) is 22.6 Å². The van der Waals surface area contributed by atoms with Gasteiger partial charge >= 0.3 is 0 Å². The summed E-state index contributed by atoms with van der Waals surface area (Å²) in [6.45, 7) is 3.46. The lowest BCUT2D eigenvalue weighted by atomic mass is 10.1. The number of nitrogens with zero attached hydrogens (tertiary/aromatic N) is 2. The van der Waals surface area contributed by atoms with E-state index in [2.05, 4.69) is 11.9 Å². The summed E-state index contributed by atoms with van der Waals surface area (Å²) in [6, 6.07) is 5.09. The maximum absolute atomic E-state index is 13.5. The van der Waals surface area contributed by atoms with Crippen LogP contribution in [0.5, 0.6) is 5.75 Å². The molecular formula is C19H19FN4O5S. The second-order valence-corrected chi connectivity index (χ2v) is 8.62. The van der Waals surface area contributed by atoms with Crippen molar-refractivity contribution < 1.29 is 27.4 Å². The van der Waals surface area contributed by atoms with E-state index in [0.29, 0.717) is 6.42 Å². The Morgan fingerprint density at radius 3 is 2.73 bits per heavy atom. The quantitative estimate of drug-likeness (QED) is 0.559. The van der Waals surface area contributed by atoms with Gasteiger partial charge in [-0.15, -0.1) is 0 Å². The summed E-state index contributed by atoms with van der Waals surface area (Å²) in [5, 5.41) is 26.2. The van der Waals surface area contributed by atoms with Crippen molar-refractivity contribution >= 4 is 21.6 Å². The summed E-state index contributed by atoms with van der Waals surface area (Å²) in [4.78, 5) is 12.5. The Kier molecular flexibility index (Phi) is 5.42. The maximum atomic E-state index is 13.5. The van der Waals surface area contributed by atoms with Gasteiger partial charge in [-0.05, 0) is 24.6 Å². The van der Waals surface area contributed by atoms with E-state index in [1.807, 2.05) is 0 Å². The summed E-state index contributed by atoms with van der Waals surface area (Å²) >= 11 is 0. The van der Waals surface area contributed by atoms with E-state index < -0.39 is 32.1 Å². The molecule has 1 aliphatic carbocycles. The van der Waals surface area contributed by atoms with Crippen molar-refractivity contribution in [1.82, 2.24) is 4.57 Å². The zero-order valence-electron chi connectivity index (χ0n) is 16.0. The summed E-state index contributed by atoms with van der Waals surface area (Å²) in [5.41, 5.74) is -0.235. The highest BCUT2D eigenvalue weighted by atomic mass is 32.2. The minimum atomic E-state index is -4.23. The number of nitrogens with one attached hydrogen (secondary N) is 1. The van der Waals surface area contributed by atoms with Gasteiger partial charge < -0.3 is 19.7 Å². The highest BCUT2D eigenvalue weighted by Gasteiger charge is 2.48. The summed E-state index contributed by atoms with van der Waals surface area (Å²) in [6.07, 6.45) is 1.65. The second-order valence-electron chi connectivity index (χ2n) is 7.09. The molecule has 0 saturated heterocycles. The van der Waals surface area contributed by atoms with Crippen LogP contribution in [-0.4, -0.2) is 37.2 Å². The molecule has 0 bridgehead atoms. The van der Waals surface area contributed by atoms with Gasteiger partial charge in [0.15, 0.2) is 11.4 Å². The van der Waals surface area contributed by atoms with Crippen LogP contribution in [0.15, 0.2) is 41.4 Å². The third kappa shape index (κ3) is 3.93. The molecule has 0 aliphatic heterocycles. The fourth-order valence-electron chi connectivity index (χ4n) is 3.00. The number of rotatable bonds is 7. The largest absolute Gasteiger partial charge is 0.489 e. The monoisotopic (exact) mass is 434 g/mol. The average molecular weight is 434 g/mol. The number of aromatic nitrogens is 1. The number of hydrogen-bond acceptors (Lipinski definition) is 6. The first kappa shape index (κ1) is 21.5. The van der Waals surface area contributed by atoms with Gasteiger partial charge in [0.1, 0.15) is 23.4 Å². The zero-order chi connectivity index (χ0) is 22.3. The highest BCUT2D eigenvalue weighted by Crippen LogP contribution is 2.50. The number of nitrogens with two attached hydrogens (primary N) is 1. The molecule has 0 radical (unpaired) electrons. The van der Waals surface area contributed by atoms with Crippen LogP contribution in [0.25, 0.3) is 0 Å². The van der Waals surface area contributed by atoms with Crippen molar-refractivity contribution in [3.63, 3.8) is 0 Å². The number of ether oxygens (including phenoxy) is 1. The van der Waals surface area contributed by atoms with Gasteiger partial charge in [0, 0.05) is 18.9 Å². The lowest BCUT2D eigenvalue weighted by Gasteiger charge is -2.15. The third-order valence-electron chi connectivity index (χ3n) is 4.94. The van der Waals surface area contributed by atoms with Crippen LogP contribution in [0.1, 0.15) is 22.5 Å². The summed E-state index contributed by atoms with van der Waals surface area (Å²) in [7, 11) is -2.80. The molecule has 1 fully saturated rings. The number of carbonyl (C=O) groups is 1. The maximum Gasteiger partial charge on any atom is 0.276 e. The van der Waals surface area contributed by atoms with Crippen LogP contribution in [0.4, 0.5) is 10.1 Å². The van der Waals surface area contributed by atoms with Gasteiger partial charge in [0.25, 0.3) is 5.91 Å². The fourth-order valence-corrected chi connectivity index (χ4v) is 3.72. The van der Waals surface area contributed by atoms with Gasteiger partial charge in [-0.1, -0.05) is 12.2 Å². The molecule has 1 aromatic heterocycles. The molecule has 4 N–H and O–H groups in total. The Labute approximate surface area is 172 Å². The van der Waals surface area contributed by atoms with Crippen molar-refractivity contribution in [3.05, 3.63) is 53.6 Å². The molecule has 9 nitrogen and oxygen atoms in total. The third-order valence-corrected chi connectivity index (χ3v) is 5.84. The number of primary sulfonamides is 1. The van der Waals surface area contributed by atoms with E-state index in [-0.39, 0.29) is 35.9 Å². The molecule has 1 aliphatic rings. The van der Waals surface area contributed by atoms with Crippen LogP contribution < -0.4 is 15.2 Å². The zero-order valence-corrected chi connectivity index (χ0v) is 16.8. The molecule has 1 heterocycles. The van der Waals surface area contributed by atoms with Crippen LogP contribution in [-0.2, 0) is 17.1 Å². The van der Waals surface area contributed by atoms with E-state index >= 15 is 0 Å². The Morgan fingerprint density at radius 1 is 1.53 bits per heavy atom. The van der Waals surface area contributed by atoms with E-state index in [4.69, 9.17) is 15.1 Å². The number of hydrogen-bond donors (Lipinski definition) is 3. The number of anilines is 1. The number of sulfonamides is 1. The first-order valence-corrected chi connectivity index (χ1v) is 10.2. The van der Waals surface area contributed by atoms with Crippen LogP contribution >= 0.6 is 0 Å². The van der Waals surface area contributed by atoms with E-state index in [1.54, 1.807) is 6.07 Å². The predicted octanol–water partition coefficient (Wildman–Crippen LogP) is 1.25. The van der Waals surface area contributed by atoms with Gasteiger partial charge in [0.05, 0.1) is 17.6 Å². The van der Waals surface area contributed by atoms with Gasteiger partial charge in [0.2, 0.25) is 10.0 Å². The molecule has 1 saturated carbocycles. The minimum Gasteiger partial charge on any atom is -0.489 e. The first-order valence-electron chi connectivity index (χ1n) is 8.67. The Hall–Kier alpha value is -3.20. The number of aliphatic hydroxyl groups is 1. The number of carbonyl (C=O) groups excluding carboxylic acids is 1. The molecule has 3 rings (SSSR count). The van der Waals surface area contributed by atoms with Crippen molar-refractivity contribution in [2.75, 3.05) is 18.5 Å². The van der Waals surface area contributed by atoms with Crippen molar-refractivity contribution in [2.24, 2.45) is 17.6 Å². The molecule has 1 aromatic carbocycles. The van der Waals surface area contributed by atoms with E-state index in [0.717, 1.165) is 23.9 Å². The topological polar surface area (TPSA) is 147 Å². The molecule has 30 heavy (non-hydrogen) atoms. The minimum absolute atomic E-state index is 0.0930. The average Bonchev–Trinajstić information content (AvgIpc) is 3.19. The number of amides is 1. The molecule has 158 valence electrons. The molecule has 2 aromatic rings. The second kappa shape index (κ2) is 7.56. The lowest BCUT2D eigenvalue weighted by Crippen LogP contribution is -2.22. The molecule has 1 amide bonds. The van der Waals surface area contributed by atoms with Gasteiger partial charge in [-0.3, -0.25) is 4.79 Å². The molecule has 0 spiro atoms. The van der Waals surface area contributed by atoms with Crippen LogP contribution in [0.3, 0.4) is 0 Å². The Bertz CT molecular complexity index is 1200. The predicted molar refractivity (Wildman–Crippen MR) is 105 cm³/mol. The van der Waals surface area contributed by atoms with Crippen LogP contribution in [0.2, 0.25) is 0 Å². The highest BCUT2D eigenvalue weighted by molar-refractivity contribution is 7.89. The summed E-state index contributed by atoms with van der Waals surface area (Å²) in [5.74, 6) is -1.77. The number of aryl methyl sites for hydroxylation is 1. The molecular weight excluding hydrogens is 415 g/mol. The van der Waals surface area contributed by atoms with Gasteiger partial charge in [-0.2, -0.15) is 5.26 Å². The number of benzene rings is 1. The smallest absolute Gasteiger partial charge is 0.276 e. The van der Waals surface area contributed by atoms with Crippen molar-refractivity contribution in [3.8, 4) is 11.8 Å². The number of halogens is 1. The van der Waals surface area contributed by atoms with E-state index in [1.165, 1.54) is 17.7 Å². The standard InChI is InChI=1S/C19H19FN4O5S/c1-11-6-19(11,9-25)10-29-17-15(30(22,27)28)8-24(2)16(17)18(26)23-13-3-4-14(20)12(5-13)7-21/h3-5,8,25H,1,6,9-10H2,2H3,(H,23,26)(H2,22,27,28)/t19-/m0/s1. The fraction of sp³-hybridized carbons (Fsp3) is 0.263. The molecule has 11 heteroatoms. The van der Waals surface area contributed by atoms with E-state index in [9.17, 15) is 22.7 Å². The Balaban J connectivity index is 1.97. The summed E-state index contributed by atoms with van der Waals surface area (Å²) < 4.78 is 44.4. The molecule has 1 atom stereocenters. The Morgan fingerprint density at radius 2 is 2.20 bits per heavy atom. The molecule has 0 unspecified atom stereocenters.